The van der Waals surface area contributed by atoms with Gasteiger partial charge in [-0.3, -0.25) is 0 Å². The van der Waals surface area contributed by atoms with Crippen LogP contribution in [0.2, 0.25) is 0 Å². The van der Waals surface area contributed by atoms with Gasteiger partial charge in [-0.2, -0.15) is 11.8 Å². The second kappa shape index (κ2) is 9.53. The quantitative estimate of drug-likeness (QED) is 0.606. The van der Waals surface area contributed by atoms with Crippen molar-refractivity contribution in [2.24, 2.45) is 11.8 Å². The Hall–Kier alpha value is 0.310. The van der Waals surface area contributed by atoms with Crippen molar-refractivity contribution in [3.05, 3.63) is 0 Å². The summed E-state index contributed by atoms with van der Waals surface area (Å²) in [6.45, 7) is 13.8. The first kappa shape index (κ1) is 15.3. The monoisotopic (exact) mass is 231 g/mol. The van der Waals surface area contributed by atoms with Gasteiger partial charge in [0.05, 0.1) is 0 Å². The molecule has 0 radical (unpaired) electrons. The van der Waals surface area contributed by atoms with Gasteiger partial charge in [0.2, 0.25) is 0 Å². The van der Waals surface area contributed by atoms with Crippen molar-refractivity contribution in [1.82, 2.24) is 5.32 Å². The second-order valence-electron chi connectivity index (χ2n) is 5.25. The number of thioether (sulfide) groups is 1. The normalized spacial score (nSPS) is 13.8. The minimum absolute atomic E-state index is 0.760. The lowest BCUT2D eigenvalue weighted by Crippen LogP contribution is -2.24. The Kier molecular flexibility index (Phi) is 9.73. The molecule has 0 bridgehead atoms. The fourth-order valence-corrected chi connectivity index (χ4v) is 2.51. The molecule has 0 heterocycles. The third kappa shape index (κ3) is 12.2. The maximum absolute atomic E-state index is 3.53. The predicted octanol–water partition coefficient (Wildman–Crippen LogP) is 3.79. The van der Waals surface area contributed by atoms with Gasteiger partial charge in [-0.25, -0.2) is 0 Å². The summed E-state index contributed by atoms with van der Waals surface area (Å²) in [4.78, 5) is 0. The summed E-state index contributed by atoms with van der Waals surface area (Å²) in [6, 6.07) is 0. The molecule has 0 aromatic heterocycles. The molecule has 92 valence electrons. The van der Waals surface area contributed by atoms with Gasteiger partial charge >= 0.3 is 0 Å². The molecule has 1 N–H and O–H groups in total. The van der Waals surface area contributed by atoms with E-state index in [1.807, 2.05) is 0 Å². The molecule has 0 aliphatic heterocycles. The molecule has 15 heavy (non-hydrogen) atoms. The minimum atomic E-state index is 0.760. The van der Waals surface area contributed by atoms with Crippen molar-refractivity contribution in [2.75, 3.05) is 18.8 Å². The third-order valence-corrected chi connectivity index (χ3v) is 3.63. The van der Waals surface area contributed by atoms with Crippen LogP contribution in [-0.2, 0) is 0 Å². The van der Waals surface area contributed by atoms with E-state index >= 15 is 0 Å². The molecule has 1 unspecified atom stereocenters. The van der Waals surface area contributed by atoms with Crippen LogP contribution in [-0.4, -0.2) is 24.1 Å². The van der Waals surface area contributed by atoms with E-state index in [9.17, 15) is 0 Å². The topological polar surface area (TPSA) is 12.0 Å². The maximum atomic E-state index is 3.53. The van der Waals surface area contributed by atoms with Crippen LogP contribution in [0.1, 0.15) is 47.5 Å². The van der Waals surface area contributed by atoms with Gasteiger partial charge in [0.25, 0.3) is 0 Å². The van der Waals surface area contributed by atoms with Crippen molar-refractivity contribution in [3.63, 3.8) is 0 Å². The van der Waals surface area contributed by atoms with Gasteiger partial charge in [-0.1, -0.05) is 34.6 Å². The van der Waals surface area contributed by atoms with Crippen LogP contribution in [0.4, 0.5) is 0 Å². The number of nitrogens with one attached hydrogen (secondary N) is 1. The van der Waals surface area contributed by atoms with Crippen LogP contribution in [0.5, 0.6) is 0 Å². The molecular weight excluding hydrogens is 202 g/mol. The lowest BCUT2D eigenvalue weighted by Gasteiger charge is -2.13. The fraction of sp³-hybridized carbons (Fsp3) is 1.00. The standard InChI is InChI=1S/C13H29NS/c1-11(2)6-8-14-10-13(5)15-9-7-12(3)4/h11-14H,6-10H2,1-5H3. The van der Waals surface area contributed by atoms with Crippen LogP contribution < -0.4 is 5.32 Å². The zero-order chi connectivity index (χ0) is 11.7. The van der Waals surface area contributed by atoms with Crippen LogP contribution in [0.3, 0.4) is 0 Å². The maximum Gasteiger partial charge on any atom is 0.0144 e. The summed E-state index contributed by atoms with van der Waals surface area (Å²) in [7, 11) is 0. The van der Waals surface area contributed by atoms with Crippen molar-refractivity contribution in [1.29, 1.82) is 0 Å². The zero-order valence-corrected chi connectivity index (χ0v) is 12.0. The number of hydrogen-bond acceptors (Lipinski definition) is 2. The summed E-state index contributed by atoms with van der Waals surface area (Å²) < 4.78 is 0. The van der Waals surface area contributed by atoms with Gasteiger partial charge in [0.1, 0.15) is 0 Å². The van der Waals surface area contributed by atoms with Crippen molar-refractivity contribution in [2.45, 2.75) is 52.7 Å². The number of hydrogen-bond donors (Lipinski definition) is 1. The smallest absolute Gasteiger partial charge is 0.0144 e. The van der Waals surface area contributed by atoms with Crippen molar-refractivity contribution < 1.29 is 0 Å². The highest BCUT2D eigenvalue weighted by molar-refractivity contribution is 7.99. The second-order valence-corrected chi connectivity index (χ2v) is 6.80. The number of rotatable bonds is 9. The Morgan fingerprint density at radius 3 is 2.07 bits per heavy atom. The van der Waals surface area contributed by atoms with Crippen molar-refractivity contribution in [3.8, 4) is 0 Å². The van der Waals surface area contributed by atoms with E-state index < -0.39 is 0 Å². The molecule has 0 aromatic carbocycles. The summed E-state index contributed by atoms with van der Waals surface area (Å²) in [5, 5.41) is 4.29. The van der Waals surface area contributed by atoms with Crippen LogP contribution >= 0.6 is 11.8 Å². The van der Waals surface area contributed by atoms with E-state index in [4.69, 9.17) is 0 Å². The van der Waals surface area contributed by atoms with E-state index in [0.717, 1.165) is 23.6 Å². The Morgan fingerprint density at radius 1 is 0.933 bits per heavy atom. The molecule has 2 heteroatoms. The van der Waals surface area contributed by atoms with E-state index in [1.54, 1.807) is 0 Å². The molecule has 1 atom stereocenters. The molecule has 0 aliphatic rings. The lowest BCUT2D eigenvalue weighted by atomic mass is 10.1. The average molecular weight is 231 g/mol. The molecule has 0 rings (SSSR count). The summed E-state index contributed by atoms with van der Waals surface area (Å²) >= 11 is 2.10. The average Bonchev–Trinajstić information content (AvgIpc) is 2.11. The molecule has 0 aromatic rings. The van der Waals surface area contributed by atoms with Gasteiger partial charge < -0.3 is 5.32 Å². The Balaban J connectivity index is 3.22. The van der Waals surface area contributed by atoms with E-state index in [1.165, 1.54) is 25.1 Å². The summed E-state index contributed by atoms with van der Waals surface area (Å²) in [6.07, 6.45) is 2.64. The van der Waals surface area contributed by atoms with Crippen LogP contribution in [0.15, 0.2) is 0 Å². The van der Waals surface area contributed by atoms with Gasteiger partial charge in [-0.15, -0.1) is 0 Å². The zero-order valence-electron chi connectivity index (χ0n) is 11.2. The molecule has 0 amide bonds. The Morgan fingerprint density at radius 2 is 1.53 bits per heavy atom. The highest BCUT2D eigenvalue weighted by Crippen LogP contribution is 2.14. The van der Waals surface area contributed by atoms with E-state index in [2.05, 4.69) is 51.7 Å². The van der Waals surface area contributed by atoms with E-state index in [0.29, 0.717) is 0 Å². The van der Waals surface area contributed by atoms with Gasteiger partial charge in [0.15, 0.2) is 0 Å². The molecule has 0 saturated heterocycles. The first-order valence-corrected chi connectivity index (χ1v) is 7.39. The highest BCUT2D eigenvalue weighted by atomic mass is 32.2. The van der Waals surface area contributed by atoms with Crippen LogP contribution in [0, 0.1) is 11.8 Å². The first-order valence-electron chi connectivity index (χ1n) is 6.34. The fourth-order valence-electron chi connectivity index (χ4n) is 1.26. The molecule has 0 fully saturated rings. The first-order chi connectivity index (χ1) is 7.02. The molecule has 1 nitrogen and oxygen atoms in total. The minimum Gasteiger partial charge on any atom is -0.316 e. The Bertz CT molecular complexity index is 134. The third-order valence-electron chi connectivity index (χ3n) is 2.43. The SMILES string of the molecule is CC(C)CCNCC(C)SCCC(C)C. The van der Waals surface area contributed by atoms with Crippen LogP contribution in [0.25, 0.3) is 0 Å². The lowest BCUT2D eigenvalue weighted by molar-refractivity contribution is 0.538. The van der Waals surface area contributed by atoms with Gasteiger partial charge in [0, 0.05) is 11.8 Å². The van der Waals surface area contributed by atoms with Crippen molar-refractivity contribution >= 4 is 11.8 Å². The predicted molar refractivity (Wildman–Crippen MR) is 73.7 cm³/mol. The highest BCUT2D eigenvalue weighted by Gasteiger charge is 2.03. The van der Waals surface area contributed by atoms with E-state index in [-0.39, 0.29) is 0 Å². The summed E-state index contributed by atoms with van der Waals surface area (Å²) in [5.41, 5.74) is 0. The molecule has 0 spiro atoms. The largest absolute Gasteiger partial charge is 0.316 e. The molecule has 0 saturated carbocycles. The Labute approximate surface area is 101 Å². The summed E-state index contributed by atoms with van der Waals surface area (Å²) in [5.74, 6) is 2.98. The molecule has 0 aliphatic carbocycles. The molecular formula is C13H29NS. The van der Waals surface area contributed by atoms with Gasteiger partial charge in [-0.05, 0) is 37.0 Å².